The molecule has 0 aromatic heterocycles. The lowest BCUT2D eigenvalue weighted by Crippen LogP contribution is -2.16. The van der Waals surface area contributed by atoms with E-state index in [4.69, 9.17) is 19.7 Å². The quantitative estimate of drug-likeness (QED) is 0.361. The predicted octanol–water partition coefficient (Wildman–Crippen LogP) is 5.43. The van der Waals surface area contributed by atoms with Gasteiger partial charge in [0.2, 0.25) is 0 Å². The Morgan fingerprint density at radius 3 is 2.31 bits per heavy atom. The second kappa shape index (κ2) is 12.6. The molecule has 0 heterocycles. The van der Waals surface area contributed by atoms with Crippen LogP contribution in [0.1, 0.15) is 56.7 Å². The van der Waals surface area contributed by atoms with E-state index in [2.05, 4.69) is 57.8 Å². The topological polar surface area (TPSA) is 71.0 Å². The lowest BCUT2D eigenvalue weighted by Gasteiger charge is -2.24. The average Bonchev–Trinajstić information content (AvgIpc) is 2.75. The maximum atomic E-state index is 9.11. The Hall–Kier alpha value is -2.34. The molecule has 0 saturated carbocycles. The standard InChI is InChI=1S/C27H39NO4/c1-18(2)15-28-26-14-22(7-12-25(26)21(5)20(4)16-31-6)17-32-24-10-8-23(9-11-24)19(3)13-27(29)30/h7-12,14,18,20-21,27-30H,3,13,15-17H2,1-2,4-6H3/t20?,21-/m0/s1. The molecule has 0 bridgehead atoms. The first-order valence-corrected chi connectivity index (χ1v) is 11.3. The average molecular weight is 442 g/mol. The highest BCUT2D eigenvalue weighted by atomic mass is 16.5. The summed E-state index contributed by atoms with van der Waals surface area (Å²) >= 11 is 0. The van der Waals surface area contributed by atoms with Crippen LogP contribution in [0.2, 0.25) is 0 Å². The van der Waals surface area contributed by atoms with Crippen LogP contribution in [-0.4, -0.2) is 36.8 Å². The molecule has 2 atom stereocenters. The molecular formula is C27H39NO4. The summed E-state index contributed by atoms with van der Waals surface area (Å²) in [4.78, 5) is 0. The summed E-state index contributed by atoms with van der Waals surface area (Å²) in [6.07, 6.45) is -1.26. The van der Waals surface area contributed by atoms with Crippen LogP contribution < -0.4 is 10.1 Å². The molecular weight excluding hydrogens is 402 g/mol. The van der Waals surface area contributed by atoms with Gasteiger partial charge in [-0.15, -0.1) is 0 Å². The minimum absolute atomic E-state index is 0.125. The zero-order valence-corrected chi connectivity index (χ0v) is 20.1. The summed E-state index contributed by atoms with van der Waals surface area (Å²) < 4.78 is 11.4. The Morgan fingerprint density at radius 2 is 1.72 bits per heavy atom. The first-order chi connectivity index (χ1) is 15.2. The smallest absolute Gasteiger partial charge is 0.155 e. The molecule has 2 aromatic carbocycles. The molecule has 2 rings (SSSR count). The van der Waals surface area contributed by atoms with Gasteiger partial charge in [0.25, 0.3) is 0 Å². The Morgan fingerprint density at radius 1 is 1.03 bits per heavy atom. The fourth-order valence-corrected chi connectivity index (χ4v) is 3.56. The van der Waals surface area contributed by atoms with Crippen LogP contribution in [0, 0.1) is 11.8 Å². The van der Waals surface area contributed by atoms with Gasteiger partial charge in [0, 0.05) is 32.4 Å². The molecule has 0 fully saturated rings. The molecule has 1 unspecified atom stereocenters. The highest BCUT2D eigenvalue weighted by Crippen LogP contribution is 2.32. The lowest BCUT2D eigenvalue weighted by atomic mass is 9.87. The number of rotatable bonds is 13. The molecule has 5 heteroatoms. The van der Waals surface area contributed by atoms with Gasteiger partial charge in [-0.3, -0.25) is 0 Å². The van der Waals surface area contributed by atoms with Crippen LogP contribution in [0.25, 0.3) is 5.57 Å². The van der Waals surface area contributed by atoms with Crippen LogP contribution >= 0.6 is 0 Å². The number of methoxy groups -OCH3 is 1. The maximum absolute atomic E-state index is 9.11. The summed E-state index contributed by atoms with van der Waals surface area (Å²) in [5.41, 5.74) is 5.11. The normalized spacial score (nSPS) is 13.3. The molecule has 0 aliphatic carbocycles. The van der Waals surface area contributed by atoms with Gasteiger partial charge in [0.15, 0.2) is 6.29 Å². The fraction of sp³-hybridized carbons (Fsp3) is 0.481. The minimum Gasteiger partial charge on any atom is -0.489 e. The van der Waals surface area contributed by atoms with Crippen molar-refractivity contribution in [2.24, 2.45) is 11.8 Å². The van der Waals surface area contributed by atoms with Gasteiger partial charge in [-0.1, -0.05) is 58.5 Å². The van der Waals surface area contributed by atoms with Crippen LogP contribution in [0.3, 0.4) is 0 Å². The number of ether oxygens (including phenoxy) is 2. The lowest BCUT2D eigenvalue weighted by molar-refractivity contribution is -0.0342. The number of anilines is 1. The van der Waals surface area contributed by atoms with Crippen LogP contribution in [0.15, 0.2) is 49.0 Å². The second-order valence-corrected chi connectivity index (χ2v) is 9.02. The van der Waals surface area contributed by atoms with Crippen LogP contribution in [0.5, 0.6) is 5.75 Å². The molecule has 0 spiro atoms. The van der Waals surface area contributed by atoms with Crippen LogP contribution in [-0.2, 0) is 11.3 Å². The number of hydrogen-bond donors (Lipinski definition) is 3. The molecule has 2 aromatic rings. The van der Waals surface area contributed by atoms with E-state index in [0.717, 1.165) is 35.7 Å². The summed E-state index contributed by atoms with van der Waals surface area (Å²) in [6.45, 7) is 14.9. The summed E-state index contributed by atoms with van der Waals surface area (Å²) in [5.74, 6) is 2.10. The van der Waals surface area contributed by atoms with Crippen LogP contribution in [0.4, 0.5) is 5.69 Å². The number of aliphatic hydroxyl groups is 2. The second-order valence-electron chi connectivity index (χ2n) is 9.02. The third kappa shape index (κ3) is 7.97. The first-order valence-electron chi connectivity index (χ1n) is 11.3. The van der Waals surface area contributed by atoms with E-state index in [0.29, 0.717) is 29.9 Å². The van der Waals surface area contributed by atoms with Crippen molar-refractivity contribution in [1.82, 2.24) is 0 Å². The van der Waals surface area contributed by atoms with Crippen molar-refractivity contribution in [2.45, 2.75) is 52.9 Å². The van der Waals surface area contributed by atoms with Crippen molar-refractivity contribution in [3.63, 3.8) is 0 Å². The van der Waals surface area contributed by atoms with E-state index in [1.54, 1.807) is 7.11 Å². The summed E-state index contributed by atoms with van der Waals surface area (Å²) in [7, 11) is 1.75. The number of nitrogens with one attached hydrogen (secondary N) is 1. The molecule has 0 amide bonds. The summed E-state index contributed by atoms with van der Waals surface area (Å²) in [5, 5.41) is 21.8. The van der Waals surface area contributed by atoms with Crippen molar-refractivity contribution in [3.05, 3.63) is 65.7 Å². The van der Waals surface area contributed by atoms with Crippen molar-refractivity contribution >= 4 is 11.3 Å². The van der Waals surface area contributed by atoms with E-state index in [1.165, 1.54) is 5.56 Å². The van der Waals surface area contributed by atoms with Gasteiger partial charge >= 0.3 is 0 Å². The van der Waals surface area contributed by atoms with E-state index in [9.17, 15) is 0 Å². The minimum atomic E-state index is -1.39. The Bertz CT molecular complexity index is 845. The molecule has 32 heavy (non-hydrogen) atoms. The number of hydrogen-bond acceptors (Lipinski definition) is 5. The van der Waals surface area contributed by atoms with Crippen molar-refractivity contribution in [2.75, 3.05) is 25.6 Å². The van der Waals surface area contributed by atoms with Gasteiger partial charge in [-0.05, 0) is 58.2 Å². The highest BCUT2D eigenvalue weighted by Gasteiger charge is 2.18. The van der Waals surface area contributed by atoms with Gasteiger partial charge in [0.1, 0.15) is 12.4 Å². The third-order valence-electron chi connectivity index (χ3n) is 5.69. The van der Waals surface area contributed by atoms with Gasteiger partial charge < -0.3 is 25.0 Å². The SMILES string of the molecule is C=C(CC(O)O)c1ccc(OCc2ccc([C@@H](C)C(C)COC)c(NCC(C)C)c2)cc1. The van der Waals surface area contributed by atoms with Gasteiger partial charge in [0.05, 0.1) is 0 Å². The molecule has 5 nitrogen and oxygen atoms in total. The molecule has 176 valence electrons. The predicted molar refractivity (Wildman–Crippen MR) is 132 cm³/mol. The third-order valence-corrected chi connectivity index (χ3v) is 5.69. The van der Waals surface area contributed by atoms with E-state index in [-0.39, 0.29) is 6.42 Å². The number of benzene rings is 2. The van der Waals surface area contributed by atoms with Crippen molar-refractivity contribution < 1.29 is 19.7 Å². The Kier molecular flexibility index (Phi) is 10.2. The van der Waals surface area contributed by atoms with Gasteiger partial charge in [-0.25, -0.2) is 0 Å². The first kappa shape index (κ1) is 25.9. The molecule has 0 aliphatic rings. The molecule has 0 aliphatic heterocycles. The largest absolute Gasteiger partial charge is 0.489 e. The van der Waals surface area contributed by atoms with E-state index >= 15 is 0 Å². The zero-order valence-electron chi connectivity index (χ0n) is 20.1. The van der Waals surface area contributed by atoms with Gasteiger partial charge in [-0.2, -0.15) is 0 Å². The fourth-order valence-electron chi connectivity index (χ4n) is 3.56. The highest BCUT2D eigenvalue weighted by molar-refractivity contribution is 5.64. The maximum Gasteiger partial charge on any atom is 0.155 e. The number of aliphatic hydroxyl groups excluding tert-OH is 1. The van der Waals surface area contributed by atoms with E-state index in [1.807, 2.05) is 24.3 Å². The van der Waals surface area contributed by atoms with E-state index < -0.39 is 6.29 Å². The van der Waals surface area contributed by atoms with Crippen molar-refractivity contribution in [3.8, 4) is 5.75 Å². The molecule has 0 saturated heterocycles. The van der Waals surface area contributed by atoms with Crippen molar-refractivity contribution in [1.29, 1.82) is 0 Å². The monoisotopic (exact) mass is 441 g/mol. The molecule has 3 N–H and O–H groups in total. The Labute approximate surface area is 193 Å². The summed E-state index contributed by atoms with van der Waals surface area (Å²) in [6, 6.07) is 14.0. The zero-order chi connectivity index (χ0) is 23.7. The Balaban J connectivity index is 2.10. The molecule has 0 radical (unpaired) electrons.